The Morgan fingerprint density at radius 2 is 1.08 bits per heavy atom. The third-order valence-electron chi connectivity index (χ3n) is 16.4. The van der Waals surface area contributed by atoms with E-state index in [9.17, 15) is 0 Å². The molecule has 0 radical (unpaired) electrons. The lowest BCUT2D eigenvalue weighted by atomic mass is 9.76. The number of furan rings is 2. The Morgan fingerprint density at radius 3 is 1.79 bits per heavy atom. The van der Waals surface area contributed by atoms with Crippen molar-refractivity contribution in [3.63, 3.8) is 0 Å². The zero-order chi connectivity index (χ0) is 51.6. The van der Waals surface area contributed by atoms with Gasteiger partial charge in [-0.25, -0.2) is 15.0 Å². The number of rotatable bonds is 7. The second-order valence-electron chi connectivity index (χ2n) is 21.1. The second kappa shape index (κ2) is 17.3. The lowest BCUT2D eigenvalue weighted by Gasteiger charge is -2.27. The summed E-state index contributed by atoms with van der Waals surface area (Å²) in [7, 11) is 0. The van der Waals surface area contributed by atoms with Crippen molar-refractivity contribution in [1.29, 1.82) is 0 Å². The maximum absolute atomic E-state index is 6.98. The van der Waals surface area contributed by atoms with Crippen molar-refractivity contribution in [3.8, 4) is 56.7 Å². The average molecular weight is 1000 g/mol. The molecule has 5 heterocycles. The van der Waals surface area contributed by atoms with Gasteiger partial charge in [0.1, 0.15) is 22.5 Å². The van der Waals surface area contributed by atoms with Crippen LogP contribution < -0.4 is 10.6 Å². The fraction of sp³-hybridized carbons (Fsp3) is 0.0845. The van der Waals surface area contributed by atoms with E-state index in [1.54, 1.807) is 0 Å². The van der Waals surface area contributed by atoms with Crippen LogP contribution in [-0.2, 0) is 0 Å². The van der Waals surface area contributed by atoms with Crippen LogP contribution in [-0.4, -0.2) is 24.1 Å². The fourth-order valence-electron chi connectivity index (χ4n) is 13.0. The first kappa shape index (κ1) is 44.4. The molecule has 78 heavy (non-hydrogen) atoms. The Balaban J connectivity index is 0.992. The lowest BCUT2D eigenvalue weighted by molar-refractivity contribution is 0.560. The van der Waals surface area contributed by atoms with Crippen LogP contribution in [0.25, 0.3) is 141 Å². The molecule has 2 aliphatic carbocycles. The largest absolute Gasteiger partial charge is 0.456 e. The fourth-order valence-corrected chi connectivity index (χ4v) is 13.0. The molecular formula is C71H49N5O2. The molecule has 7 heteroatoms. The molecule has 14 aromatic rings. The number of allylic oxidation sites excluding steroid dienone is 1. The van der Waals surface area contributed by atoms with Gasteiger partial charge in [0.25, 0.3) is 0 Å². The monoisotopic (exact) mass is 1000 g/mol. The standard InChI is InChI=1S/C71H49N5O2/c1-42-30-34-55-53(40-42)64-57(76(55)48-24-13-6-14-25-48)36-39-61-68(64)66-59(78-61)37-31-43(2)62(66)46-32-33-49(52(41-46)71-73-69(44-18-7-3-8-19-44)72-70(74-71)45-20-9-4-10-21-45)50-27-17-29-58-65(50)67-60(77-58)38-35-56-63(67)51-26-15-16-28-54(51)75(56)47-22-11-5-12-23-47/h3-29,31-43,62H,30H2,1-2H3. The molecule has 0 saturated heterocycles. The number of hydrogen-bond acceptors (Lipinski definition) is 5. The molecule has 0 aliphatic heterocycles. The minimum atomic E-state index is -0.0799. The Morgan fingerprint density at radius 1 is 0.462 bits per heavy atom. The highest BCUT2D eigenvalue weighted by atomic mass is 16.3. The first-order valence-electron chi connectivity index (χ1n) is 27.0. The van der Waals surface area contributed by atoms with E-state index in [0.29, 0.717) is 23.4 Å². The van der Waals surface area contributed by atoms with Gasteiger partial charge in [0.2, 0.25) is 0 Å². The van der Waals surface area contributed by atoms with Gasteiger partial charge < -0.3 is 18.0 Å². The molecule has 0 bridgehead atoms. The third-order valence-corrected chi connectivity index (χ3v) is 16.4. The molecule has 0 N–H and O–H groups in total. The molecule has 0 saturated carbocycles. The maximum atomic E-state index is 6.98. The number of nitrogens with zero attached hydrogens (tertiary/aromatic N) is 5. The van der Waals surface area contributed by atoms with E-state index in [0.717, 1.165) is 106 Å². The van der Waals surface area contributed by atoms with Crippen LogP contribution >= 0.6 is 0 Å². The Labute approximate surface area is 449 Å². The Bertz CT molecular complexity index is 4850. The summed E-state index contributed by atoms with van der Waals surface area (Å²) in [6.45, 7) is 4.65. The van der Waals surface area contributed by atoms with Gasteiger partial charge in [0.15, 0.2) is 17.5 Å². The van der Waals surface area contributed by atoms with Crippen LogP contribution in [0.5, 0.6) is 0 Å². The van der Waals surface area contributed by atoms with Crippen molar-refractivity contribution in [2.24, 2.45) is 11.8 Å². The number of fused-ring (bicyclic) bond motifs is 14. The number of para-hydroxylation sites is 3. The molecule has 2 aliphatic rings. The van der Waals surface area contributed by atoms with Crippen molar-refractivity contribution in [1.82, 2.24) is 24.1 Å². The Kier molecular flexibility index (Phi) is 9.88. The maximum Gasteiger partial charge on any atom is 0.164 e. The smallest absolute Gasteiger partial charge is 0.164 e. The summed E-state index contributed by atoms with van der Waals surface area (Å²) in [6.07, 6.45) is 10.4. The highest BCUT2D eigenvalue weighted by Crippen LogP contribution is 2.50. The summed E-state index contributed by atoms with van der Waals surface area (Å²) in [5, 5.41) is 9.34. The minimum absolute atomic E-state index is 0.0799. The van der Waals surface area contributed by atoms with Crippen molar-refractivity contribution in [2.75, 3.05) is 0 Å². The van der Waals surface area contributed by atoms with Crippen LogP contribution in [0.4, 0.5) is 0 Å². The summed E-state index contributed by atoms with van der Waals surface area (Å²) in [5.41, 5.74) is 15.3. The first-order valence-corrected chi connectivity index (χ1v) is 27.0. The summed E-state index contributed by atoms with van der Waals surface area (Å²) in [6, 6.07) is 72.9. The number of benzene rings is 9. The van der Waals surface area contributed by atoms with Gasteiger partial charge in [0, 0.05) is 82.4 Å². The van der Waals surface area contributed by atoms with Crippen LogP contribution in [0, 0.1) is 11.8 Å². The average Bonchev–Trinajstić information content (AvgIpc) is 4.30. The van der Waals surface area contributed by atoms with Gasteiger partial charge in [-0.2, -0.15) is 0 Å². The van der Waals surface area contributed by atoms with Crippen LogP contribution in [0.3, 0.4) is 0 Å². The van der Waals surface area contributed by atoms with Crippen LogP contribution in [0.1, 0.15) is 43.1 Å². The van der Waals surface area contributed by atoms with Gasteiger partial charge in [-0.05, 0) is 108 Å². The zero-order valence-corrected chi connectivity index (χ0v) is 42.9. The van der Waals surface area contributed by atoms with E-state index in [-0.39, 0.29) is 11.8 Å². The van der Waals surface area contributed by atoms with E-state index in [2.05, 4.69) is 217 Å². The molecular weight excluding hydrogens is 955 g/mol. The third kappa shape index (κ3) is 6.74. The van der Waals surface area contributed by atoms with E-state index in [1.807, 2.05) is 36.4 Å². The van der Waals surface area contributed by atoms with Crippen LogP contribution in [0.2, 0.25) is 0 Å². The summed E-state index contributed by atoms with van der Waals surface area (Å²) >= 11 is 0. The van der Waals surface area contributed by atoms with Crippen molar-refractivity contribution in [2.45, 2.75) is 26.2 Å². The van der Waals surface area contributed by atoms with Gasteiger partial charge in [-0.15, -0.1) is 0 Å². The predicted octanol–water partition coefficient (Wildman–Crippen LogP) is 16.6. The second-order valence-corrected chi connectivity index (χ2v) is 21.1. The summed E-state index contributed by atoms with van der Waals surface area (Å²) in [5.74, 6) is 3.12. The highest BCUT2D eigenvalue weighted by Gasteiger charge is 2.34. The molecule has 3 atom stereocenters. The summed E-state index contributed by atoms with van der Waals surface area (Å²) in [4.78, 5) is 16.1. The number of aromatic nitrogens is 5. The topological polar surface area (TPSA) is 74.8 Å². The highest BCUT2D eigenvalue weighted by molar-refractivity contribution is 6.30. The van der Waals surface area contributed by atoms with Gasteiger partial charge in [-0.3, -0.25) is 0 Å². The lowest BCUT2D eigenvalue weighted by Crippen LogP contribution is -2.31. The van der Waals surface area contributed by atoms with Gasteiger partial charge >= 0.3 is 0 Å². The van der Waals surface area contributed by atoms with Crippen molar-refractivity contribution < 1.29 is 8.83 Å². The van der Waals surface area contributed by atoms with Crippen molar-refractivity contribution in [3.05, 3.63) is 240 Å². The molecule has 0 spiro atoms. The van der Waals surface area contributed by atoms with E-state index in [1.165, 1.54) is 32.4 Å². The molecule has 9 aromatic carbocycles. The SMILES string of the molecule is CC1C=c2c(n(-c3ccccc3)c3ccc4oc5c(c4c23)C(c2ccc(-c3cccc4oc6ccc7c(c8ccccc8n7-c7ccccc7)c6c34)c(-c3nc(-c4ccccc4)nc(-c4ccccc4)n3)c2)C(C)C=C5)=CC1. The normalized spacial score (nSPS) is 16.1. The molecule has 3 unspecified atom stereocenters. The first-order chi connectivity index (χ1) is 38.5. The van der Waals surface area contributed by atoms with E-state index < -0.39 is 0 Å². The summed E-state index contributed by atoms with van der Waals surface area (Å²) < 4.78 is 18.7. The van der Waals surface area contributed by atoms with Gasteiger partial charge in [-0.1, -0.05) is 172 Å². The quantitative estimate of drug-likeness (QED) is 0.159. The van der Waals surface area contributed by atoms with Crippen molar-refractivity contribution >= 4 is 83.8 Å². The van der Waals surface area contributed by atoms with E-state index in [4.69, 9.17) is 23.8 Å². The van der Waals surface area contributed by atoms with E-state index >= 15 is 0 Å². The Hall–Kier alpha value is -9.85. The molecule has 0 fully saturated rings. The number of hydrogen-bond donors (Lipinski definition) is 0. The molecule has 7 nitrogen and oxygen atoms in total. The minimum Gasteiger partial charge on any atom is -0.456 e. The zero-order valence-electron chi connectivity index (χ0n) is 42.9. The van der Waals surface area contributed by atoms with Crippen LogP contribution in [0.15, 0.2) is 221 Å². The predicted molar refractivity (Wildman–Crippen MR) is 318 cm³/mol. The molecule has 5 aromatic heterocycles. The molecule has 16 rings (SSSR count). The molecule has 370 valence electrons. The molecule has 0 amide bonds. The van der Waals surface area contributed by atoms with Gasteiger partial charge in [0.05, 0.1) is 16.6 Å².